The number of rotatable bonds is 6. The molecular weight excluding hydrogens is 295 g/mol. The maximum atomic E-state index is 10.3. The van der Waals surface area contributed by atoms with Crippen LogP contribution in [0, 0.1) is 0 Å². The number of aliphatic carboxylic acids is 3. The van der Waals surface area contributed by atoms with Crippen molar-refractivity contribution < 1.29 is 59.1 Å². The van der Waals surface area contributed by atoms with Crippen LogP contribution in [0.25, 0.3) is 0 Å². The second-order valence-electron chi connectivity index (χ2n) is 3.05. The standard InChI is InChI=1S/C6H8O7.H3O5P/c7-3(8)1-6(13,5(11)12)2-4(9)10;1-5-6(2,3)4/h13H,1-2H2,(H,7,8)(H,9,10)(H,11,12);1H,(H2,2,3,4). The topological polar surface area (TPSA) is 219 Å². The molecule has 0 rings (SSSR count). The van der Waals surface area contributed by atoms with Crippen molar-refractivity contribution in [3.8, 4) is 0 Å². The van der Waals surface area contributed by atoms with Gasteiger partial charge in [-0.15, -0.1) is 4.67 Å². The number of aliphatic hydroxyl groups is 1. The van der Waals surface area contributed by atoms with Crippen molar-refractivity contribution in [2.75, 3.05) is 0 Å². The van der Waals surface area contributed by atoms with Crippen molar-refractivity contribution >= 4 is 25.7 Å². The Morgan fingerprint density at radius 1 is 1.00 bits per heavy atom. The molecule has 7 N–H and O–H groups in total. The van der Waals surface area contributed by atoms with E-state index in [4.69, 9.17) is 35.5 Å². The van der Waals surface area contributed by atoms with E-state index in [2.05, 4.69) is 4.67 Å². The molecule has 19 heavy (non-hydrogen) atoms. The van der Waals surface area contributed by atoms with Crippen molar-refractivity contribution in [2.24, 2.45) is 0 Å². The van der Waals surface area contributed by atoms with Gasteiger partial charge in [-0.3, -0.25) is 9.59 Å². The molecule has 13 heteroatoms. The first kappa shape index (κ1) is 19.8. The van der Waals surface area contributed by atoms with Gasteiger partial charge < -0.3 is 30.2 Å². The second kappa shape index (κ2) is 7.78. The first-order valence-electron chi connectivity index (χ1n) is 4.12. The van der Waals surface area contributed by atoms with Gasteiger partial charge in [0.25, 0.3) is 0 Å². The third-order valence-corrected chi connectivity index (χ3v) is 1.60. The minimum absolute atomic E-state index is 1.14. The van der Waals surface area contributed by atoms with Gasteiger partial charge in [0, 0.05) is 0 Å². The Kier molecular flexibility index (Phi) is 8.10. The predicted octanol–water partition coefficient (Wildman–Crippen LogP) is -1.68. The maximum absolute atomic E-state index is 10.3. The SMILES string of the molecule is O=C(O)CC(O)(CC(=O)O)C(=O)O.O=P(O)(O)OO. The van der Waals surface area contributed by atoms with E-state index in [0.717, 1.165) is 0 Å². The van der Waals surface area contributed by atoms with Crippen molar-refractivity contribution in [1.82, 2.24) is 0 Å². The summed E-state index contributed by atoms with van der Waals surface area (Å²) in [5.41, 5.74) is -2.74. The highest BCUT2D eigenvalue weighted by atomic mass is 31.2. The lowest BCUT2D eigenvalue weighted by atomic mass is 9.96. The quantitative estimate of drug-likeness (QED) is 0.166. The van der Waals surface area contributed by atoms with E-state index in [1.807, 2.05) is 0 Å². The Balaban J connectivity index is 0. The van der Waals surface area contributed by atoms with Crippen molar-refractivity contribution in [3.05, 3.63) is 0 Å². The van der Waals surface area contributed by atoms with Crippen LogP contribution in [0.15, 0.2) is 0 Å². The van der Waals surface area contributed by atoms with E-state index in [-0.39, 0.29) is 0 Å². The average molecular weight is 306 g/mol. The number of phosphoric acid groups is 1. The van der Waals surface area contributed by atoms with Gasteiger partial charge in [0.2, 0.25) is 0 Å². The Hall–Kier alpha value is -1.56. The fourth-order valence-electron chi connectivity index (χ4n) is 0.714. The van der Waals surface area contributed by atoms with Gasteiger partial charge in [0.1, 0.15) is 0 Å². The second-order valence-corrected chi connectivity index (χ2v) is 4.19. The lowest BCUT2D eigenvalue weighted by Crippen LogP contribution is -2.42. The number of hydrogen-bond acceptors (Lipinski definition) is 7. The van der Waals surface area contributed by atoms with Crippen LogP contribution in [0.3, 0.4) is 0 Å². The molecule has 0 unspecified atom stereocenters. The van der Waals surface area contributed by atoms with Crippen LogP contribution in [0.1, 0.15) is 12.8 Å². The largest absolute Gasteiger partial charge is 0.496 e. The van der Waals surface area contributed by atoms with E-state index >= 15 is 0 Å². The number of carbonyl (C=O) groups is 3. The summed E-state index contributed by atoms with van der Waals surface area (Å²) in [5, 5.41) is 41.0. The molecule has 0 aromatic heterocycles. The molecule has 0 aliphatic heterocycles. The summed E-state index contributed by atoms with van der Waals surface area (Å²) in [6.45, 7) is 0. The number of hydrogen-bond donors (Lipinski definition) is 7. The molecule has 0 saturated heterocycles. The molecule has 0 heterocycles. The average Bonchev–Trinajstić information content (AvgIpc) is 2.14. The van der Waals surface area contributed by atoms with E-state index in [1.165, 1.54) is 0 Å². The third kappa shape index (κ3) is 11.3. The van der Waals surface area contributed by atoms with E-state index in [1.54, 1.807) is 0 Å². The number of carboxylic acids is 3. The number of carboxylic acid groups (broad SMARTS) is 3. The van der Waals surface area contributed by atoms with Crippen LogP contribution in [0.5, 0.6) is 0 Å². The molecule has 12 nitrogen and oxygen atoms in total. The molecule has 0 saturated carbocycles. The normalized spacial score (nSPS) is 11.2. The molecule has 0 spiro atoms. The van der Waals surface area contributed by atoms with Gasteiger partial charge in [-0.1, -0.05) is 0 Å². The molecule has 0 aromatic carbocycles. The smallest absolute Gasteiger partial charge is 0.481 e. The van der Waals surface area contributed by atoms with Crippen LogP contribution in [0.4, 0.5) is 0 Å². The zero-order chi connectivity index (χ0) is 15.9. The Labute approximate surface area is 104 Å². The van der Waals surface area contributed by atoms with E-state index in [0.29, 0.717) is 0 Å². The van der Waals surface area contributed by atoms with Crippen LogP contribution in [-0.4, -0.2) is 59.0 Å². The summed E-state index contributed by atoms with van der Waals surface area (Å²) in [6.07, 6.45) is -2.29. The Morgan fingerprint density at radius 3 is 1.37 bits per heavy atom. The minimum atomic E-state index is -4.59. The molecule has 0 aliphatic carbocycles. The fraction of sp³-hybridized carbons (Fsp3) is 0.500. The van der Waals surface area contributed by atoms with Gasteiger partial charge in [0.05, 0.1) is 12.8 Å². The molecule has 112 valence electrons. The van der Waals surface area contributed by atoms with Gasteiger partial charge in [0.15, 0.2) is 5.60 Å². The lowest BCUT2D eigenvalue weighted by molar-refractivity contribution is -0.170. The zero-order valence-corrected chi connectivity index (χ0v) is 9.93. The summed E-state index contributed by atoms with van der Waals surface area (Å²) in [5.74, 6) is -5.02. The van der Waals surface area contributed by atoms with Gasteiger partial charge in [-0.05, 0) is 0 Å². The van der Waals surface area contributed by atoms with Crippen LogP contribution in [-0.2, 0) is 23.6 Å². The predicted molar refractivity (Wildman–Crippen MR) is 52.8 cm³/mol. The molecule has 0 amide bonds. The van der Waals surface area contributed by atoms with Crippen molar-refractivity contribution in [3.63, 3.8) is 0 Å². The first-order valence-corrected chi connectivity index (χ1v) is 5.65. The van der Waals surface area contributed by atoms with Crippen molar-refractivity contribution in [1.29, 1.82) is 0 Å². The minimum Gasteiger partial charge on any atom is -0.481 e. The molecule has 0 radical (unpaired) electrons. The maximum Gasteiger partial charge on any atom is 0.496 e. The summed E-state index contributed by atoms with van der Waals surface area (Å²) in [6, 6.07) is 0. The highest BCUT2D eigenvalue weighted by molar-refractivity contribution is 7.46. The van der Waals surface area contributed by atoms with Crippen LogP contribution < -0.4 is 0 Å². The monoisotopic (exact) mass is 306 g/mol. The lowest BCUT2D eigenvalue weighted by Gasteiger charge is -2.18. The Bertz CT molecular complexity index is 366. The van der Waals surface area contributed by atoms with Crippen LogP contribution in [0.2, 0.25) is 0 Å². The van der Waals surface area contributed by atoms with E-state index in [9.17, 15) is 18.9 Å². The van der Waals surface area contributed by atoms with Crippen LogP contribution >= 0.6 is 7.82 Å². The molecule has 0 fully saturated rings. The van der Waals surface area contributed by atoms with Crippen molar-refractivity contribution in [2.45, 2.75) is 18.4 Å². The fourth-order valence-corrected chi connectivity index (χ4v) is 0.714. The highest BCUT2D eigenvalue weighted by Gasteiger charge is 2.40. The first-order chi connectivity index (χ1) is 8.34. The molecule has 0 aromatic rings. The zero-order valence-electron chi connectivity index (χ0n) is 9.03. The van der Waals surface area contributed by atoms with Gasteiger partial charge in [-0.2, -0.15) is 0 Å². The van der Waals surface area contributed by atoms with Gasteiger partial charge in [-0.25, -0.2) is 14.6 Å². The molecule has 0 aliphatic rings. The summed E-state index contributed by atoms with van der Waals surface area (Å²) >= 11 is 0. The van der Waals surface area contributed by atoms with Gasteiger partial charge >= 0.3 is 25.7 Å². The molecule has 0 atom stereocenters. The summed E-state index contributed by atoms with van der Waals surface area (Å²) < 4.78 is 11.8. The molecular formula is C6H11O12P. The summed E-state index contributed by atoms with van der Waals surface area (Å²) in [4.78, 5) is 45.4. The Morgan fingerprint density at radius 2 is 1.26 bits per heavy atom. The third-order valence-electron chi connectivity index (χ3n) is 1.39. The van der Waals surface area contributed by atoms with E-state index < -0.39 is 44.2 Å². The molecule has 0 bridgehead atoms. The summed E-state index contributed by atoms with van der Waals surface area (Å²) in [7, 11) is -4.59. The highest BCUT2D eigenvalue weighted by Crippen LogP contribution is 2.33.